The van der Waals surface area contributed by atoms with Crippen molar-refractivity contribution in [2.24, 2.45) is 5.73 Å². The second kappa shape index (κ2) is 8.25. The molecule has 0 saturated carbocycles. The number of allylic oxidation sites excluding steroid dienone is 3. The summed E-state index contributed by atoms with van der Waals surface area (Å²) in [6.45, 7) is 3.16. The molecule has 9 heteroatoms. The Morgan fingerprint density at radius 1 is 1.29 bits per heavy atom. The first-order chi connectivity index (χ1) is 11.1. The lowest BCUT2D eigenvalue weighted by Crippen LogP contribution is -2.21. The highest BCUT2D eigenvalue weighted by molar-refractivity contribution is 7.92. The van der Waals surface area contributed by atoms with E-state index in [9.17, 15) is 22.0 Å². The Kier molecular flexibility index (Phi) is 6.66. The molecule has 0 heterocycles. The second-order valence-corrected chi connectivity index (χ2v) is 6.50. The average Bonchev–Trinajstić information content (AvgIpc) is 2.46. The Morgan fingerprint density at radius 2 is 1.96 bits per heavy atom. The molecule has 0 aliphatic heterocycles. The molecule has 1 rings (SSSR count). The van der Waals surface area contributed by atoms with Crippen LogP contribution in [0, 0.1) is 11.6 Å². The van der Waals surface area contributed by atoms with Gasteiger partial charge in [0, 0.05) is 29.9 Å². The summed E-state index contributed by atoms with van der Waals surface area (Å²) in [5.74, 6) is -2.38. The number of hydrogen-bond acceptors (Lipinski definition) is 4. The highest BCUT2D eigenvalue weighted by Gasteiger charge is 2.13. The predicted octanol–water partition coefficient (Wildman–Crippen LogP) is 1.54. The second-order valence-electron chi connectivity index (χ2n) is 4.75. The molecule has 0 aliphatic carbocycles. The van der Waals surface area contributed by atoms with Gasteiger partial charge in [-0.1, -0.05) is 12.7 Å². The molecule has 4 N–H and O–H groups in total. The molecule has 0 unspecified atom stereocenters. The fourth-order valence-electron chi connectivity index (χ4n) is 1.61. The number of halogens is 2. The molecule has 0 aromatic heterocycles. The van der Waals surface area contributed by atoms with Gasteiger partial charge in [-0.2, -0.15) is 0 Å². The van der Waals surface area contributed by atoms with Gasteiger partial charge in [-0.3, -0.25) is 9.52 Å². The van der Waals surface area contributed by atoms with Crippen LogP contribution in [0.15, 0.2) is 48.7 Å². The molecule has 1 aromatic carbocycles. The van der Waals surface area contributed by atoms with E-state index < -0.39 is 33.3 Å². The Balaban J connectivity index is 2.79. The third-order valence-corrected chi connectivity index (χ3v) is 3.21. The fraction of sp³-hybridized carbons (Fsp3) is 0.133. The maximum Gasteiger partial charge on any atom is 0.244 e. The van der Waals surface area contributed by atoms with Crippen LogP contribution in [0.5, 0.6) is 0 Å². The molecule has 0 atom stereocenters. The van der Waals surface area contributed by atoms with E-state index in [1.165, 1.54) is 18.2 Å². The minimum Gasteiger partial charge on any atom is -0.399 e. The van der Waals surface area contributed by atoms with Crippen molar-refractivity contribution in [3.8, 4) is 0 Å². The van der Waals surface area contributed by atoms with E-state index in [-0.39, 0.29) is 12.1 Å². The lowest BCUT2D eigenvalue weighted by atomic mass is 10.2. The molecule has 0 fully saturated rings. The standard InChI is InChI=1S/C15H17F2N3O3S/c1-3-4-11(18)5-6-15(21)19-9-10-7-13(17)14(8-12(10)16)20-24(2,22)23/h3-8,20H,1,9,18H2,2H3,(H,19,21)/b6-5+,11-4-. The van der Waals surface area contributed by atoms with E-state index in [0.717, 1.165) is 18.4 Å². The van der Waals surface area contributed by atoms with Gasteiger partial charge >= 0.3 is 0 Å². The van der Waals surface area contributed by atoms with Gasteiger partial charge in [0.2, 0.25) is 15.9 Å². The summed E-state index contributed by atoms with van der Waals surface area (Å²) in [5.41, 5.74) is 5.16. The first-order valence-corrected chi connectivity index (χ1v) is 8.51. The Bertz CT molecular complexity index is 802. The average molecular weight is 357 g/mol. The molecule has 24 heavy (non-hydrogen) atoms. The molecule has 0 spiro atoms. The van der Waals surface area contributed by atoms with Gasteiger partial charge in [0.05, 0.1) is 11.9 Å². The Hall–Kier alpha value is -2.68. The molecule has 0 saturated heterocycles. The zero-order chi connectivity index (χ0) is 18.3. The fourth-order valence-corrected chi connectivity index (χ4v) is 2.16. The summed E-state index contributed by atoms with van der Waals surface area (Å²) in [6, 6.07) is 1.51. The van der Waals surface area contributed by atoms with Gasteiger partial charge in [0.1, 0.15) is 11.6 Å². The van der Waals surface area contributed by atoms with Gasteiger partial charge < -0.3 is 11.1 Å². The van der Waals surface area contributed by atoms with Crippen molar-refractivity contribution in [1.29, 1.82) is 0 Å². The van der Waals surface area contributed by atoms with Gasteiger partial charge in [0.15, 0.2) is 0 Å². The Morgan fingerprint density at radius 3 is 2.54 bits per heavy atom. The molecular weight excluding hydrogens is 340 g/mol. The van der Waals surface area contributed by atoms with Crippen molar-refractivity contribution < 1.29 is 22.0 Å². The number of rotatable bonds is 7. The lowest BCUT2D eigenvalue weighted by molar-refractivity contribution is -0.116. The first kappa shape index (κ1) is 19.4. The SMILES string of the molecule is C=C/C=C(N)/C=C/C(=O)NCc1cc(F)c(NS(C)(=O)=O)cc1F. The molecule has 0 radical (unpaired) electrons. The van der Waals surface area contributed by atoms with Gasteiger partial charge in [-0.05, 0) is 18.2 Å². The summed E-state index contributed by atoms with van der Waals surface area (Å²) in [7, 11) is -3.74. The van der Waals surface area contributed by atoms with Crippen LogP contribution in [0.25, 0.3) is 0 Å². The van der Waals surface area contributed by atoms with Gasteiger partial charge in [0.25, 0.3) is 0 Å². The van der Waals surface area contributed by atoms with Crippen LogP contribution in [-0.4, -0.2) is 20.6 Å². The van der Waals surface area contributed by atoms with Crippen molar-refractivity contribution in [3.05, 3.63) is 65.9 Å². The van der Waals surface area contributed by atoms with Crippen molar-refractivity contribution in [2.75, 3.05) is 11.0 Å². The van der Waals surface area contributed by atoms with E-state index in [1.807, 2.05) is 4.72 Å². The van der Waals surface area contributed by atoms with E-state index in [4.69, 9.17) is 5.73 Å². The summed E-state index contributed by atoms with van der Waals surface area (Å²) < 4.78 is 51.6. The van der Waals surface area contributed by atoms with Crippen LogP contribution >= 0.6 is 0 Å². The maximum atomic E-state index is 13.9. The third kappa shape index (κ3) is 6.61. The number of anilines is 1. The molecule has 130 valence electrons. The van der Waals surface area contributed by atoms with E-state index in [2.05, 4.69) is 11.9 Å². The lowest BCUT2D eigenvalue weighted by Gasteiger charge is -2.09. The van der Waals surface area contributed by atoms with Crippen LogP contribution in [-0.2, 0) is 21.4 Å². The zero-order valence-electron chi connectivity index (χ0n) is 12.8. The molecule has 0 aliphatic rings. The van der Waals surface area contributed by atoms with Crippen LogP contribution in [0.4, 0.5) is 14.5 Å². The third-order valence-electron chi connectivity index (χ3n) is 2.62. The summed E-state index contributed by atoms with van der Waals surface area (Å²) in [5, 5.41) is 2.35. The predicted molar refractivity (Wildman–Crippen MR) is 88.3 cm³/mol. The molecular formula is C15H17F2N3O3S. The van der Waals surface area contributed by atoms with Crippen molar-refractivity contribution >= 4 is 21.6 Å². The summed E-state index contributed by atoms with van der Waals surface area (Å²) in [4.78, 5) is 11.6. The zero-order valence-corrected chi connectivity index (χ0v) is 13.7. The number of hydrogen-bond donors (Lipinski definition) is 3. The van der Waals surface area contributed by atoms with Gasteiger partial charge in [-0.25, -0.2) is 17.2 Å². The van der Waals surface area contributed by atoms with Crippen LogP contribution in [0.3, 0.4) is 0 Å². The number of sulfonamides is 1. The minimum atomic E-state index is -3.74. The minimum absolute atomic E-state index is 0.136. The molecule has 0 bridgehead atoms. The largest absolute Gasteiger partial charge is 0.399 e. The van der Waals surface area contributed by atoms with Crippen molar-refractivity contribution in [3.63, 3.8) is 0 Å². The van der Waals surface area contributed by atoms with E-state index in [1.54, 1.807) is 0 Å². The number of benzene rings is 1. The number of carbonyl (C=O) groups is 1. The topological polar surface area (TPSA) is 101 Å². The van der Waals surface area contributed by atoms with Crippen molar-refractivity contribution in [2.45, 2.75) is 6.54 Å². The number of amides is 1. The normalized spacial score (nSPS) is 12.2. The quantitative estimate of drug-likeness (QED) is 0.509. The summed E-state index contributed by atoms with van der Waals surface area (Å²) in [6.07, 6.45) is 6.20. The maximum absolute atomic E-state index is 13.9. The highest BCUT2D eigenvalue weighted by atomic mass is 32.2. The molecule has 1 aromatic rings. The van der Waals surface area contributed by atoms with Crippen LogP contribution in [0.1, 0.15) is 5.56 Å². The smallest absolute Gasteiger partial charge is 0.244 e. The number of carbonyl (C=O) groups excluding carboxylic acids is 1. The summed E-state index contributed by atoms with van der Waals surface area (Å²) >= 11 is 0. The highest BCUT2D eigenvalue weighted by Crippen LogP contribution is 2.20. The van der Waals surface area contributed by atoms with E-state index >= 15 is 0 Å². The van der Waals surface area contributed by atoms with Crippen molar-refractivity contribution in [1.82, 2.24) is 5.32 Å². The van der Waals surface area contributed by atoms with Gasteiger partial charge in [-0.15, -0.1) is 0 Å². The number of nitrogens with two attached hydrogens (primary N) is 1. The molecule has 1 amide bonds. The Labute approximate surface area is 138 Å². The van der Waals surface area contributed by atoms with E-state index in [0.29, 0.717) is 11.8 Å². The monoisotopic (exact) mass is 357 g/mol. The molecule has 6 nitrogen and oxygen atoms in total. The van der Waals surface area contributed by atoms with Crippen LogP contribution < -0.4 is 15.8 Å². The first-order valence-electron chi connectivity index (χ1n) is 6.62. The van der Waals surface area contributed by atoms with Crippen LogP contribution in [0.2, 0.25) is 0 Å². The number of nitrogens with one attached hydrogen (secondary N) is 2.